The maximum Gasteiger partial charge on any atom is 0.407 e. The quantitative estimate of drug-likeness (QED) is 0.802. The molecule has 0 spiro atoms. The number of carbonyl (C=O) groups excluding carboxylic acids is 1. The van der Waals surface area contributed by atoms with Gasteiger partial charge in [0.1, 0.15) is 0 Å². The van der Waals surface area contributed by atoms with Crippen molar-refractivity contribution in [3.8, 4) is 0 Å². The Hall–Kier alpha value is -0.730. The molecule has 3 nitrogen and oxygen atoms in total. The highest BCUT2D eigenvalue weighted by molar-refractivity contribution is 5.67. The maximum absolute atomic E-state index is 11.6. The summed E-state index contributed by atoms with van der Waals surface area (Å²) in [7, 11) is 0. The first-order valence-corrected chi connectivity index (χ1v) is 6.24. The van der Waals surface area contributed by atoms with Crippen LogP contribution >= 0.6 is 0 Å². The molecule has 0 heterocycles. The summed E-state index contributed by atoms with van der Waals surface area (Å²) >= 11 is 0. The van der Waals surface area contributed by atoms with Crippen LogP contribution in [0.5, 0.6) is 0 Å². The molecule has 2 bridgehead atoms. The van der Waals surface area contributed by atoms with Gasteiger partial charge in [-0.2, -0.15) is 0 Å². The molecule has 92 valence electrons. The van der Waals surface area contributed by atoms with E-state index in [0.29, 0.717) is 12.0 Å². The van der Waals surface area contributed by atoms with E-state index in [1.54, 1.807) is 0 Å². The lowest BCUT2D eigenvalue weighted by molar-refractivity contribution is -0.139. The van der Waals surface area contributed by atoms with E-state index >= 15 is 0 Å². The van der Waals surface area contributed by atoms with Crippen LogP contribution in [0.4, 0.5) is 4.79 Å². The highest BCUT2D eigenvalue weighted by Crippen LogP contribution is 2.64. The molecule has 0 aliphatic heterocycles. The second-order valence-electron chi connectivity index (χ2n) is 6.79. The minimum atomic E-state index is -0.257. The third-order valence-electron chi connectivity index (χ3n) is 4.31. The van der Waals surface area contributed by atoms with E-state index in [2.05, 4.69) is 26.1 Å². The molecular formula is C13H23NO2. The van der Waals surface area contributed by atoms with Crippen LogP contribution in [0.1, 0.15) is 47.0 Å². The van der Waals surface area contributed by atoms with Crippen molar-refractivity contribution in [2.75, 3.05) is 6.61 Å². The van der Waals surface area contributed by atoms with E-state index in [4.69, 9.17) is 4.74 Å². The number of carbonyl (C=O) groups is 1. The molecule has 3 heteroatoms. The number of hydrogen-bond acceptors (Lipinski definition) is 2. The van der Waals surface area contributed by atoms with Crippen molar-refractivity contribution in [2.45, 2.75) is 53.0 Å². The fraction of sp³-hybridized carbons (Fsp3) is 0.923. The van der Waals surface area contributed by atoms with Crippen LogP contribution in [-0.4, -0.2) is 18.7 Å². The van der Waals surface area contributed by atoms with Gasteiger partial charge in [-0.05, 0) is 37.5 Å². The van der Waals surface area contributed by atoms with E-state index in [1.165, 1.54) is 19.3 Å². The first kappa shape index (κ1) is 11.7. The van der Waals surface area contributed by atoms with E-state index < -0.39 is 0 Å². The fourth-order valence-corrected chi connectivity index (χ4v) is 2.49. The molecule has 3 rings (SSSR count). The summed E-state index contributed by atoms with van der Waals surface area (Å²) in [5.41, 5.74) is 0.461. The fourth-order valence-electron chi connectivity index (χ4n) is 2.49. The summed E-state index contributed by atoms with van der Waals surface area (Å²) in [5, 5.41) is 2.90. The Morgan fingerprint density at radius 3 is 2.38 bits per heavy atom. The first-order valence-electron chi connectivity index (χ1n) is 6.24. The van der Waals surface area contributed by atoms with Gasteiger partial charge in [-0.15, -0.1) is 0 Å². The molecule has 0 aromatic carbocycles. The van der Waals surface area contributed by atoms with Gasteiger partial charge in [0, 0.05) is 11.5 Å². The molecule has 1 N–H and O–H groups in total. The molecular weight excluding hydrogens is 202 g/mol. The number of ether oxygens (including phenoxy) is 1. The zero-order valence-electron chi connectivity index (χ0n) is 10.8. The summed E-state index contributed by atoms with van der Waals surface area (Å²) in [6.45, 7) is 8.96. The van der Waals surface area contributed by atoms with E-state index in [1.807, 2.05) is 6.92 Å². The summed E-state index contributed by atoms with van der Waals surface area (Å²) in [6, 6.07) is 0.132. The third kappa shape index (κ3) is 2.18. The molecule has 3 saturated carbocycles. The molecule has 1 unspecified atom stereocenters. The maximum atomic E-state index is 11.6. The Kier molecular flexibility index (Phi) is 2.67. The highest BCUT2D eigenvalue weighted by Gasteiger charge is 2.57. The van der Waals surface area contributed by atoms with Crippen molar-refractivity contribution >= 4 is 6.09 Å². The van der Waals surface area contributed by atoms with Crippen LogP contribution in [0.15, 0.2) is 0 Å². The number of rotatable bonds is 3. The average Bonchev–Trinajstić information content (AvgIpc) is 1.96. The number of nitrogens with one attached hydrogen (secondary N) is 1. The summed E-state index contributed by atoms with van der Waals surface area (Å²) in [4.78, 5) is 11.6. The molecule has 16 heavy (non-hydrogen) atoms. The predicted molar refractivity (Wildman–Crippen MR) is 63.2 cm³/mol. The molecule has 1 atom stereocenters. The van der Waals surface area contributed by atoms with Crippen molar-refractivity contribution in [3.63, 3.8) is 0 Å². The number of hydrogen-bond donors (Lipinski definition) is 1. The molecule has 3 fully saturated rings. The average molecular weight is 225 g/mol. The molecule has 0 saturated heterocycles. The van der Waals surface area contributed by atoms with Gasteiger partial charge in [-0.3, -0.25) is 0 Å². The lowest BCUT2D eigenvalue weighted by atomic mass is 9.45. The van der Waals surface area contributed by atoms with Gasteiger partial charge < -0.3 is 10.1 Å². The summed E-state index contributed by atoms with van der Waals surface area (Å²) in [5.74, 6) is 0.945. The van der Waals surface area contributed by atoms with Gasteiger partial charge >= 0.3 is 6.09 Å². The Labute approximate surface area is 97.9 Å². The molecule has 0 aromatic heterocycles. The van der Waals surface area contributed by atoms with Crippen molar-refractivity contribution in [3.05, 3.63) is 0 Å². The predicted octanol–water partition coefficient (Wildman–Crippen LogP) is 2.95. The number of alkyl carbamates (subject to hydrolysis) is 1. The van der Waals surface area contributed by atoms with Crippen LogP contribution in [0.25, 0.3) is 0 Å². The zero-order valence-corrected chi connectivity index (χ0v) is 10.8. The highest BCUT2D eigenvalue weighted by atomic mass is 16.5. The van der Waals surface area contributed by atoms with Crippen molar-refractivity contribution in [2.24, 2.45) is 16.7 Å². The van der Waals surface area contributed by atoms with Crippen molar-refractivity contribution in [1.29, 1.82) is 0 Å². The molecule has 0 aromatic rings. The molecule has 3 aliphatic carbocycles. The van der Waals surface area contributed by atoms with Gasteiger partial charge in [0.25, 0.3) is 0 Å². The topological polar surface area (TPSA) is 38.3 Å². The minimum Gasteiger partial charge on any atom is -0.449 e. The second kappa shape index (κ2) is 3.64. The van der Waals surface area contributed by atoms with Gasteiger partial charge in [0.2, 0.25) is 0 Å². The molecule has 1 amide bonds. The second-order valence-corrected chi connectivity index (χ2v) is 6.79. The molecule has 3 aliphatic rings. The Balaban J connectivity index is 1.68. The smallest absolute Gasteiger partial charge is 0.407 e. The van der Waals surface area contributed by atoms with E-state index in [9.17, 15) is 4.79 Å². The largest absolute Gasteiger partial charge is 0.449 e. The van der Waals surface area contributed by atoms with Crippen molar-refractivity contribution in [1.82, 2.24) is 5.32 Å². The van der Waals surface area contributed by atoms with Gasteiger partial charge in [-0.25, -0.2) is 4.79 Å². The standard InChI is InChI=1S/C13H23NO2/c1-9(12(2,3)4)14-11(15)16-8-13-5-10(6-13)7-13/h9-10H,5-8H2,1-4H3,(H,14,15). The third-order valence-corrected chi connectivity index (χ3v) is 4.31. The van der Waals surface area contributed by atoms with E-state index in [-0.39, 0.29) is 17.6 Å². The summed E-state index contributed by atoms with van der Waals surface area (Å²) < 4.78 is 5.30. The van der Waals surface area contributed by atoms with Gasteiger partial charge in [0.15, 0.2) is 0 Å². The molecule has 0 radical (unpaired) electrons. The Morgan fingerprint density at radius 1 is 1.44 bits per heavy atom. The van der Waals surface area contributed by atoms with Crippen LogP contribution in [0.3, 0.4) is 0 Å². The van der Waals surface area contributed by atoms with Gasteiger partial charge in [-0.1, -0.05) is 20.8 Å². The Morgan fingerprint density at radius 2 is 2.00 bits per heavy atom. The normalized spacial score (nSPS) is 33.4. The van der Waals surface area contributed by atoms with Crippen LogP contribution in [-0.2, 0) is 4.74 Å². The van der Waals surface area contributed by atoms with Crippen molar-refractivity contribution < 1.29 is 9.53 Å². The monoisotopic (exact) mass is 225 g/mol. The SMILES string of the molecule is CC(NC(=O)OCC12CC(C1)C2)C(C)(C)C. The Bertz CT molecular complexity index is 276. The number of amides is 1. The lowest BCUT2D eigenvalue weighted by Crippen LogP contribution is -2.55. The zero-order chi connectivity index (χ0) is 12.0. The van der Waals surface area contributed by atoms with Crippen LogP contribution in [0.2, 0.25) is 0 Å². The minimum absolute atomic E-state index is 0.0787. The van der Waals surface area contributed by atoms with Crippen LogP contribution < -0.4 is 5.32 Å². The first-order chi connectivity index (χ1) is 7.31. The summed E-state index contributed by atoms with van der Waals surface area (Å²) in [6.07, 6.45) is 3.56. The van der Waals surface area contributed by atoms with Crippen LogP contribution in [0, 0.1) is 16.7 Å². The van der Waals surface area contributed by atoms with Gasteiger partial charge in [0.05, 0.1) is 6.61 Å². The van der Waals surface area contributed by atoms with E-state index in [0.717, 1.165) is 5.92 Å². The lowest BCUT2D eigenvalue weighted by Gasteiger charge is -2.61.